The second-order valence-electron chi connectivity index (χ2n) is 12.1. The molecule has 2 fully saturated rings. The van der Waals surface area contributed by atoms with Gasteiger partial charge in [-0.2, -0.15) is 0 Å². The van der Waals surface area contributed by atoms with E-state index in [1.165, 1.54) is 0 Å². The van der Waals surface area contributed by atoms with E-state index < -0.39 is 35.8 Å². The zero-order valence-electron chi connectivity index (χ0n) is 24.8. The van der Waals surface area contributed by atoms with Crippen molar-refractivity contribution in [3.63, 3.8) is 0 Å². The van der Waals surface area contributed by atoms with Crippen molar-refractivity contribution in [1.29, 1.82) is 0 Å². The monoisotopic (exact) mass is 577 g/mol. The lowest BCUT2D eigenvalue weighted by molar-refractivity contribution is -0.132. The SMILES string of the molecule is Cc1cc2ccccc2nc1C(=O)N[C@H](C(=O)N[C@@H](CC1CCCCC1)C(=O)N[C@H](C=O)C[C@@H]1CCNC1=O)C(C)C. The summed E-state index contributed by atoms with van der Waals surface area (Å²) in [5, 5.41) is 12.2. The van der Waals surface area contributed by atoms with E-state index in [1.54, 1.807) is 0 Å². The molecule has 4 N–H and O–H groups in total. The number of carbonyl (C=O) groups is 5. The molecular formula is C32H43N5O5. The van der Waals surface area contributed by atoms with E-state index in [1.807, 2.05) is 51.1 Å². The summed E-state index contributed by atoms with van der Waals surface area (Å²) in [6, 6.07) is 6.80. The Balaban J connectivity index is 1.48. The van der Waals surface area contributed by atoms with Crippen LogP contribution in [0.3, 0.4) is 0 Å². The molecule has 1 aliphatic carbocycles. The number of fused-ring (bicyclic) bond motifs is 1. The van der Waals surface area contributed by atoms with Crippen LogP contribution in [0.5, 0.6) is 0 Å². The molecule has 2 aromatic rings. The van der Waals surface area contributed by atoms with Gasteiger partial charge in [0.25, 0.3) is 5.91 Å². The number of para-hydroxylation sites is 1. The molecule has 2 heterocycles. The van der Waals surface area contributed by atoms with Gasteiger partial charge in [0.15, 0.2) is 0 Å². The molecule has 10 nitrogen and oxygen atoms in total. The number of aldehydes is 1. The van der Waals surface area contributed by atoms with Gasteiger partial charge in [0, 0.05) is 17.8 Å². The summed E-state index contributed by atoms with van der Waals surface area (Å²) in [7, 11) is 0. The van der Waals surface area contributed by atoms with Gasteiger partial charge in [0.2, 0.25) is 17.7 Å². The highest BCUT2D eigenvalue weighted by molar-refractivity contribution is 6.00. The standard InChI is InChI=1S/C32H43N5O5/c1-19(2)27(37-32(42)28-20(3)15-22-11-7-8-12-25(22)35-28)31(41)36-26(16-21-9-5-4-6-10-21)30(40)34-24(18-38)17-23-13-14-33-29(23)39/h7-8,11-12,15,18-19,21,23-24,26-27H,4-6,9-10,13-14,16-17H2,1-3H3,(H,33,39)(H,34,40)(H,36,41)(H,37,42)/t23-,24-,26-,27-/m0/s1. The Morgan fingerprint density at radius 2 is 1.74 bits per heavy atom. The summed E-state index contributed by atoms with van der Waals surface area (Å²) < 4.78 is 0. The van der Waals surface area contributed by atoms with Gasteiger partial charge in [-0.3, -0.25) is 19.2 Å². The summed E-state index contributed by atoms with van der Waals surface area (Å²) in [6.45, 7) is 6.02. The van der Waals surface area contributed by atoms with Crippen LogP contribution >= 0.6 is 0 Å². The fourth-order valence-electron chi connectivity index (χ4n) is 6.05. The molecule has 4 atom stereocenters. The van der Waals surface area contributed by atoms with E-state index in [-0.39, 0.29) is 35.8 Å². The minimum Gasteiger partial charge on any atom is -0.356 e. The number of nitrogens with zero attached hydrogens (tertiary/aromatic N) is 1. The van der Waals surface area contributed by atoms with Gasteiger partial charge in [-0.1, -0.05) is 64.2 Å². The van der Waals surface area contributed by atoms with Crippen molar-refractivity contribution in [2.75, 3.05) is 6.54 Å². The molecule has 4 rings (SSSR count). The molecule has 226 valence electrons. The van der Waals surface area contributed by atoms with Crippen LogP contribution in [0.4, 0.5) is 0 Å². The van der Waals surface area contributed by atoms with Gasteiger partial charge in [-0.15, -0.1) is 0 Å². The van der Waals surface area contributed by atoms with E-state index in [9.17, 15) is 24.0 Å². The lowest BCUT2D eigenvalue weighted by Gasteiger charge is -2.30. The molecule has 42 heavy (non-hydrogen) atoms. The maximum atomic E-state index is 13.6. The first-order valence-corrected chi connectivity index (χ1v) is 15.2. The van der Waals surface area contributed by atoms with Crippen LogP contribution < -0.4 is 21.3 Å². The Morgan fingerprint density at radius 1 is 1.00 bits per heavy atom. The Morgan fingerprint density at radius 3 is 2.40 bits per heavy atom. The van der Waals surface area contributed by atoms with Crippen LogP contribution in [-0.4, -0.2) is 59.6 Å². The molecule has 10 heteroatoms. The van der Waals surface area contributed by atoms with Crippen LogP contribution in [0.1, 0.15) is 81.3 Å². The minimum absolute atomic E-state index is 0.116. The Bertz CT molecular complexity index is 1310. The predicted octanol–water partition coefficient (Wildman–Crippen LogP) is 2.96. The number of benzene rings is 1. The fraction of sp³-hybridized carbons (Fsp3) is 0.562. The summed E-state index contributed by atoms with van der Waals surface area (Å²) in [5.41, 5.74) is 1.62. The van der Waals surface area contributed by atoms with E-state index in [0.717, 1.165) is 37.5 Å². The lowest BCUT2D eigenvalue weighted by Crippen LogP contribution is -2.57. The zero-order valence-corrected chi connectivity index (χ0v) is 24.8. The van der Waals surface area contributed by atoms with Crippen LogP contribution in [0.2, 0.25) is 0 Å². The highest BCUT2D eigenvalue weighted by Crippen LogP contribution is 2.28. The largest absolute Gasteiger partial charge is 0.356 e. The number of nitrogens with one attached hydrogen (secondary N) is 4. The van der Waals surface area contributed by atoms with Crippen molar-refractivity contribution < 1.29 is 24.0 Å². The molecule has 2 aliphatic rings. The fourth-order valence-corrected chi connectivity index (χ4v) is 6.05. The molecule has 1 aromatic carbocycles. The molecule has 0 radical (unpaired) electrons. The average molecular weight is 578 g/mol. The average Bonchev–Trinajstić information content (AvgIpc) is 3.38. The number of rotatable bonds is 12. The number of amides is 4. The highest BCUT2D eigenvalue weighted by atomic mass is 16.2. The maximum absolute atomic E-state index is 13.6. The van der Waals surface area contributed by atoms with Gasteiger partial charge < -0.3 is 26.1 Å². The summed E-state index contributed by atoms with van der Waals surface area (Å²) >= 11 is 0. The van der Waals surface area contributed by atoms with Gasteiger partial charge in [-0.05, 0) is 55.7 Å². The summed E-state index contributed by atoms with van der Waals surface area (Å²) in [6.07, 6.45) is 7.16. The first-order valence-electron chi connectivity index (χ1n) is 15.2. The number of carbonyl (C=O) groups excluding carboxylic acids is 5. The number of aromatic nitrogens is 1. The van der Waals surface area contributed by atoms with Crippen molar-refractivity contribution in [3.8, 4) is 0 Å². The van der Waals surface area contributed by atoms with Crippen LogP contribution in [0.25, 0.3) is 10.9 Å². The van der Waals surface area contributed by atoms with Gasteiger partial charge in [0.05, 0.1) is 11.6 Å². The molecule has 4 amide bonds. The second-order valence-corrected chi connectivity index (χ2v) is 12.1. The van der Waals surface area contributed by atoms with Crippen LogP contribution in [0.15, 0.2) is 30.3 Å². The van der Waals surface area contributed by atoms with Crippen molar-refractivity contribution in [1.82, 2.24) is 26.3 Å². The Labute approximate surface area is 247 Å². The topological polar surface area (TPSA) is 146 Å². The van der Waals surface area contributed by atoms with Crippen molar-refractivity contribution in [2.45, 2.75) is 90.3 Å². The van der Waals surface area contributed by atoms with E-state index >= 15 is 0 Å². The highest BCUT2D eigenvalue weighted by Gasteiger charge is 2.33. The number of hydrogen-bond donors (Lipinski definition) is 4. The lowest BCUT2D eigenvalue weighted by atomic mass is 9.84. The number of hydrogen-bond acceptors (Lipinski definition) is 6. The molecule has 0 unspecified atom stereocenters. The van der Waals surface area contributed by atoms with E-state index in [0.29, 0.717) is 36.8 Å². The Kier molecular flexibility index (Phi) is 10.7. The third kappa shape index (κ3) is 7.92. The first-order chi connectivity index (χ1) is 20.2. The Hall–Kier alpha value is -3.82. The van der Waals surface area contributed by atoms with Gasteiger partial charge in [-0.25, -0.2) is 4.98 Å². The van der Waals surface area contributed by atoms with Crippen molar-refractivity contribution in [3.05, 3.63) is 41.6 Å². The second kappa shape index (κ2) is 14.4. The van der Waals surface area contributed by atoms with E-state index in [4.69, 9.17) is 0 Å². The third-order valence-corrected chi connectivity index (χ3v) is 8.49. The van der Waals surface area contributed by atoms with Gasteiger partial charge in [0.1, 0.15) is 24.1 Å². The zero-order chi connectivity index (χ0) is 30.2. The molecule has 0 bridgehead atoms. The summed E-state index contributed by atoms with van der Waals surface area (Å²) in [5.74, 6) is -1.83. The number of pyridine rings is 1. The molecule has 1 aromatic heterocycles. The predicted molar refractivity (Wildman–Crippen MR) is 159 cm³/mol. The van der Waals surface area contributed by atoms with E-state index in [2.05, 4.69) is 26.3 Å². The molecule has 1 aliphatic heterocycles. The third-order valence-electron chi connectivity index (χ3n) is 8.49. The molecular weight excluding hydrogens is 534 g/mol. The molecule has 1 saturated heterocycles. The number of aryl methyl sites for hydroxylation is 1. The van der Waals surface area contributed by atoms with Crippen molar-refractivity contribution >= 4 is 40.8 Å². The minimum atomic E-state index is -0.907. The smallest absolute Gasteiger partial charge is 0.270 e. The molecule has 0 spiro atoms. The van der Waals surface area contributed by atoms with Crippen LogP contribution in [-0.2, 0) is 19.2 Å². The normalized spacial score (nSPS) is 19.5. The first kappa shape index (κ1) is 31.1. The quantitative estimate of drug-likeness (QED) is 0.285. The van der Waals surface area contributed by atoms with Crippen LogP contribution in [0, 0.1) is 24.7 Å². The van der Waals surface area contributed by atoms with Gasteiger partial charge >= 0.3 is 0 Å². The molecule has 1 saturated carbocycles. The maximum Gasteiger partial charge on any atom is 0.270 e. The van der Waals surface area contributed by atoms with Crippen molar-refractivity contribution in [2.24, 2.45) is 17.8 Å². The summed E-state index contributed by atoms with van der Waals surface area (Å²) in [4.78, 5) is 68.9.